The molecule has 1 aliphatic rings. The van der Waals surface area contributed by atoms with E-state index in [-0.39, 0.29) is 12.0 Å². The van der Waals surface area contributed by atoms with Crippen molar-refractivity contribution in [3.8, 4) is 0 Å². The highest BCUT2D eigenvalue weighted by Crippen LogP contribution is 2.48. The molecule has 0 radical (unpaired) electrons. The van der Waals surface area contributed by atoms with Crippen molar-refractivity contribution in [2.75, 3.05) is 0 Å². The average molecular weight is 339 g/mol. The molecule has 0 N–H and O–H groups in total. The first-order valence-corrected chi connectivity index (χ1v) is 8.10. The number of pyridine rings is 1. The van der Waals surface area contributed by atoms with Crippen LogP contribution in [0.3, 0.4) is 0 Å². The third-order valence-electron chi connectivity index (χ3n) is 3.97. The van der Waals surface area contributed by atoms with E-state index in [2.05, 4.69) is 15.2 Å². The van der Waals surface area contributed by atoms with Crippen molar-refractivity contribution < 1.29 is 13.9 Å². The molecule has 0 spiro atoms. The summed E-state index contributed by atoms with van der Waals surface area (Å²) >= 11 is 0. The standard InChI is InChI=1S/C19H18FN3O2/c1-3-6-17(24)25-19(15-7-4-5-8-16(15)20)18(13(2)22-23-19)14-9-11-21-12-10-14/h4-5,7-12H,3,6H2,1-2H3. The molecule has 1 atom stereocenters. The molecule has 1 aromatic heterocycles. The van der Waals surface area contributed by atoms with Crippen LogP contribution in [0.25, 0.3) is 5.57 Å². The number of halogens is 1. The molecular formula is C19H18FN3O2. The van der Waals surface area contributed by atoms with Crippen LogP contribution in [-0.4, -0.2) is 11.0 Å². The summed E-state index contributed by atoms with van der Waals surface area (Å²) in [5, 5.41) is 8.33. The number of aromatic nitrogens is 1. The Morgan fingerprint density at radius 3 is 2.60 bits per heavy atom. The highest BCUT2D eigenvalue weighted by atomic mass is 19.1. The van der Waals surface area contributed by atoms with Crippen molar-refractivity contribution in [3.63, 3.8) is 0 Å². The number of allylic oxidation sites excluding steroid dienone is 1. The lowest BCUT2D eigenvalue weighted by Gasteiger charge is -2.29. The predicted molar refractivity (Wildman–Crippen MR) is 90.8 cm³/mol. The van der Waals surface area contributed by atoms with Crippen molar-refractivity contribution in [3.05, 3.63) is 71.4 Å². The van der Waals surface area contributed by atoms with Gasteiger partial charge in [0, 0.05) is 18.8 Å². The van der Waals surface area contributed by atoms with Crippen LogP contribution in [0.2, 0.25) is 0 Å². The Labute approximate surface area is 145 Å². The minimum Gasteiger partial charge on any atom is -0.426 e. The Morgan fingerprint density at radius 1 is 1.20 bits per heavy atom. The van der Waals surface area contributed by atoms with Gasteiger partial charge in [-0.3, -0.25) is 9.78 Å². The van der Waals surface area contributed by atoms with Gasteiger partial charge in [0.1, 0.15) is 5.82 Å². The summed E-state index contributed by atoms with van der Waals surface area (Å²) in [6.45, 7) is 3.63. The van der Waals surface area contributed by atoms with Crippen LogP contribution in [0, 0.1) is 5.82 Å². The third-order valence-corrected chi connectivity index (χ3v) is 3.97. The number of carbonyl (C=O) groups is 1. The molecule has 25 heavy (non-hydrogen) atoms. The molecule has 0 saturated carbocycles. The van der Waals surface area contributed by atoms with Gasteiger partial charge in [0.05, 0.1) is 16.8 Å². The Bertz CT molecular complexity index is 849. The largest absolute Gasteiger partial charge is 0.426 e. The monoisotopic (exact) mass is 339 g/mol. The second kappa shape index (κ2) is 6.93. The van der Waals surface area contributed by atoms with E-state index < -0.39 is 17.5 Å². The minimum absolute atomic E-state index is 0.159. The normalized spacial score (nSPS) is 19.3. The number of ether oxygens (including phenoxy) is 1. The first-order valence-electron chi connectivity index (χ1n) is 8.10. The fourth-order valence-electron chi connectivity index (χ4n) is 2.88. The smallest absolute Gasteiger partial charge is 0.308 e. The number of hydrogen-bond donors (Lipinski definition) is 0. The van der Waals surface area contributed by atoms with Crippen LogP contribution in [0.5, 0.6) is 0 Å². The highest BCUT2D eigenvalue weighted by Gasteiger charge is 2.47. The first-order chi connectivity index (χ1) is 12.1. The quantitative estimate of drug-likeness (QED) is 0.747. The Hall–Kier alpha value is -2.89. The topological polar surface area (TPSA) is 63.9 Å². The van der Waals surface area contributed by atoms with Crippen LogP contribution >= 0.6 is 0 Å². The minimum atomic E-state index is -1.62. The first kappa shape index (κ1) is 17.0. The van der Waals surface area contributed by atoms with E-state index in [4.69, 9.17) is 4.74 Å². The number of esters is 1. The van der Waals surface area contributed by atoms with Crippen LogP contribution in [0.15, 0.2) is 64.7 Å². The summed E-state index contributed by atoms with van der Waals surface area (Å²) < 4.78 is 20.3. The second-order valence-corrected chi connectivity index (χ2v) is 5.74. The molecule has 128 valence electrons. The van der Waals surface area contributed by atoms with Gasteiger partial charge < -0.3 is 4.74 Å². The number of hydrogen-bond acceptors (Lipinski definition) is 5. The van der Waals surface area contributed by atoms with E-state index in [0.717, 1.165) is 5.56 Å². The average Bonchev–Trinajstić information content (AvgIpc) is 2.93. The maximum Gasteiger partial charge on any atom is 0.308 e. The Kier molecular flexibility index (Phi) is 4.70. The van der Waals surface area contributed by atoms with Crippen molar-refractivity contribution in [1.29, 1.82) is 0 Å². The van der Waals surface area contributed by atoms with E-state index >= 15 is 0 Å². The van der Waals surface area contributed by atoms with E-state index in [0.29, 0.717) is 17.7 Å². The van der Waals surface area contributed by atoms with Crippen molar-refractivity contribution in [2.45, 2.75) is 32.4 Å². The van der Waals surface area contributed by atoms with Gasteiger partial charge in [0.15, 0.2) is 0 Å². The third kappa shape index (κ3) is 3.07. The summed E-state index contributed by atoms with van der Waals surface area (Å²) in [7, 11) is 0. The fourth-order valence-corrected chi connectivity index (χ4v) is 2.88. The second-order valence-electron chi connectivity index (χ2n) is 5.74. The number of carbonyl (C=O) groups excluding carboxylic acids is 1. The predicted octanol–water partition coefficient (Wildman–Crippen LogP) is 4.61. The van der Waals surface area contributed by atoms with Gasteiger partial charge in [0.2, 0.25) is 0 Å². The maximum absolute atomic E-state index is 14.6. The molecule has 2 heterocycles. The van der Waals surface area contributed by atoms with Gasteiger partial charge in [0.25, 0.3) is 5.72 Å². The van der Waals surface area contributed by atoms with Gasteiger partial charge in [-0.2, -0.15) is 5.11 Å². The summed E-state index contributed by atoms with van der Waals surface area (Å²) in [4.78, 5) is 16.3. The molecule has 3 rings (SSSR count). The van der Waals surface area contributed by atoms with Crippen LogP contribution in [0.1, 0.15) is 37.8 Å². The Morgan fingerprint density at radius 2 is 1.92 bits per heavy atom. The number of benzene rings is 1. The van der Waals surface area contributed by atoms with Crippen LogP contribution < -0.4 is 0 Å². The molecular weight excluding hydrogens is 321 g/mol. The molecule has 1 aromatic carbocycles. The molecule has 1 unspecified atom stereocenters. The number of nitrogens with zero attached hydrogens (tertiary/aromatic N) is 3. The van der Waals surface area contributed by atoms with Gasteiger partial charge >= 0.3 is 5.97 Å². The van der Waals surface area contributed by atoms with Gasteiger partial charge in [-0.25, -0.2) is 4.39 Å². The summed E-state index contributed by atoms with van der Waals surface area (Å²) in [5.74, 6) is -0.960. The van der Waals surface area contributed by atoms with Crippen molar-refractivity contribution in [2.24, 2.45) is 10.2 Å². The van der Waals surface area contributed by atoms with Crippen molar-refractivity contribution >= 4 is 11.5 Å². The zero-order valence-corrected chi connectivity index (χ0v) is 14.1. The molecule has 6 heteroatoms. The number of azo groups is 1. The molecule has 0 fully saturated rings. The van der Waals surface area contributed by atoms with E-state index in [1.54, 1.807) is 49.6 Å². The molecule has 1 aliphatic heterocycles. The Balaban J connectivity index is 2.20. The maximum atomic E-state index is 14.6. The molecule has 2 aromatic rings. The van der Waals surface area contributed by atoms with Gasteiger partial charge in [-0.05, 0) is 43.2 Å². The molecule has 0 aliphatic carbocycles. The van der Waals surface area contributed by atoms with Gasteiger partial charge in [-0.1, -0.05) is 19.1 Å². The van der Waals surface area contributed by atoms with Crippen LogP contribution in [0.4, 0.5) is 4.39 Å². The zero-order valence-electron chi connectivity index (χ0n) is 14.1. The fraction of sp³-hybridized carbons (Fsp3) is 0.263. The van der Waals surface area contributed by atoms with E-state index in [1.165, 1.54) is 6.07 Å². The lowest BCUT2D eigenvalue weighted by Crippen LogP contribution is -2.31. The lowest BCUT2D eigenvalue weighted by atomic mass is 9.89. The van der Waals surface area contributed by atoms with E-state index in [1.807, 2.05) is 6.92 Å². The molecule has 0 amide bonds. The van der Waals surface area contributed by atoms with Crippen molar-refractivity contribution in [1.82, 2.24) is 4.98 Å². The highest BCUT2D eigenvalue weighted by molar-refractivity contribution is 5.81. The van der Waals surface area contributed by atoms with Gasteiger partial charge in [-0.15, -0.1) is 5.11 Å². The van der Waals surface area contributed by atoms with E-state index in [9.17, 15) is 9.18 Å². The summed E-state index contributed by atoms with van der Waals surface area (Å²) in [5.41, 5.74) is 0.378. The lowest BCUT2D eigenvalue weighted by molar-refractivity contribution is -0.154. The molecule has 0 bridgehead atoms. The number of rotatable bonds is 5. The van der Waals surface area contributed by atoms with Crippen LogP contribution in [-0.2, 0) is 15.3 Å². The molecule has 5 nitrogen and oxygen atoms in total. The SMILES string of the molecule is CCCC(=O)OC1(c2ccccc2F)N=NC(C)=C1c1ccncc1. The molecule has 0 saturated heterocycles. The summed E-state index contributed by atoms with van der Waals surface area (Å²) in [6.07, 6.45) is 4.08. The zero-order chi connectivity index (χ0) is 17.9. The summed E-state index contributed by atoms with van der Waals surface area (Å²) in [6, 6.07) is 9.67.